The summed E-state index contributed by atoms with van der Waals surface area (Å²) in [7, 11) is 0. The van der Waals surface area contributed by atoms with Gasteiger partial charge in [-0.3, -0.25) is 9.59 Å². The van der Waals surface area contributed by atoms with Gasteiger partial charge in [0.05, 0.1) is 6.61 Å². The molecule has 0 radical (unpaired) electrons. The van der Waals surface area contributed by atoms with E-state index >= 15 is 0 Å². The fraction of sp³-hybridized carbons (Fsp3) is 0.385. The molecule has 0 aliphatic heterocycles. The smallest absolute Gasteiger partial charge is 0.319 e. The van der Waals surface area contributed by atoms with Crippen LogP contribution in [0.15, 0.2) is 30.3 Å². The number of hydrogen-bond acceptors (Lipinski definition) is 4. The van der Waals surface area contributed by atoms with E-state index in [0.29, 0.717) is 12.2 Å². The molecule has 3 nitrogen and oxygen atoms in total. The molecule has 0 saturated heterocycles. The molecule has 0 heterocycles. The van der Waals surface area contributed by atoms with Crippen molar-refractivity contribution in [1.82, 2.24) is 0 Å². The van der Waals surface area contributed by atoms with Crippen molar-refractivity contribution in [2.75, 3.05) is 6.61 Å². The lowest BCUT2D eigenvalue weighted by atomic mass is 10.2. The highest BCUT2D eigenvalue weighted by Crippen LogP contribution is 2.18. The van der Waals surface area contributed by atoms with Gasteiger partial charge in [-0.25, -0.2) is 0 Å². The Morgan fingerprint density at radius 2 is 1.94 bits per heavy atom. The van der Waals surface area contributed by atoms with Crippen molar-refractivity contribution in [2.45, 2.75) is 25.5 Å². The average molecular weight is 252 g/mol. The monoisotopic (exact) mass is 252 g/mol. The maximum atomic E-state index is 11.8. The van der Waals surface area contributed by atoms with E-state index in [1.807, 2.05) is 13.0 Å². The molecule has 1 atom stereocenters. The van der Waals surface area contributed by atoms with E-state index in [0.717, 1.165) is 18.2 Å². The standard InChI is InChI=1S/C13H16O3S/c1-3-9-16-12(14)10(2)17-13(15)11-7-5-4-6-8-11/h4-8,10H,3,9H2,1-2H3. The van der Waals surface area contributed by atoms with E-state index in [2.05, 4.69) is 0 Å². The Bertz CT molecular complexity index is 376. The molecule has 0 bridgehead atoms. The molecule has 0 fully saturated rings. The van der Waals surface area contributed by atoms with E-state index in [9.17, 15) is 9.59 Å². The van der Waals surface area contributed by atoms with Crippen LogP contribution in [0.5, 0.6) is 0 Å². The third-order valence-electron chi connectivity index (χ3n) is 2.07. The Kier molecular flexibility index (Phi) is 5.77. The van der Waals surface area contributed by atoms with Crippen molar-refractivity contribution in [2.24, 2.45) is 0 Å². The second-order valence-corrected chi connectivity index (χ2v) is 4.89. The zero-order valence-corrected chi connectivity index (χ0v) is 10.8. The van der Waals surface area contributed by atoms with Gasteiger partial charge in [-0.05, 0) is 13.3 Å². The first-order chi connectivity index (χ1) is 8.15. The molecule has 17 heavy (non-hydrogen) atoms. The van der Waals surface area contributed by atoms with Crippen LogP contribution < -0.4 is 0 Å². The molecule has 0 aliphatic carbocycles. The first kappa shape index (κ1) is 13.8. The highest BCUT2D eigenvalue weighted by Gasteiger charge is 2.19. The van der Waals surface area contributed by atoms with Gasteiger partial charge in [-0.2, -0.15) is 0 Å². The summed E-state index contributed by atoms with van der Waals surface area (Å²) < 4.78 is 4.98. The lowest BCUT2D eigenvalue weighted by Gasteiger charge is -2.09. The van der Waals surface area contributed by atoms with Gasteiger partial charge in [0.25, 0.3) is 0 Å². The van der Waals surface area contributed by atoms with Crippen LogP contribution in [-0.4, -0.2) is 22.9 Å². The maximum absolute atomic E-state index is 11.8. The number of benzene rings is 1. The van der Waals surface area contributed by atoms with Crippen molar-refractivity contribution < 1.29 is 14.3 Å². The van der Waals surface area contributed by atoms with Crippen LogP contribution in [0.1, 0.15) is 30.6 Å². The average Bonchev–Trinajstić information content (AvgIpc) is 2.36. The fourth-order valence-corrected chi connectivity index (χ4v) is 1.93. The molecule has 1 aromatic rings. The predicted octanol–water partition coefficient (Wildman–Crippen LogP) is 2.90. The van der Waals surface area contributed by atoms with Crippen LogP contribution in [0, 0.1) is 0 Å². The molecule has 0 N–H and O–H groups in total. The molecular weight excluding hydrogens is 236 g/mol. The number of thioether (sulfide) groups is 1. The molecule has 0 spiro atoms. The zero-order chi connectivity index (χ0) is 12.7. The molecule has 1 aromatic carbocycles. The van der Waals surface area contributed by atoms with Gasteiger partial charge in [0.15, 0.2) is 0 Å². The fourth-order valence-electron chi connectivity index (χ4n) is 1.17. The first-order valence-corrected chi connectivity index (χ1v) is 6.45. The molecule has 0 aromatic heterocycles. The summed E-state index contributed by atoms with van der Waals surface area (Å²) >= 11 is 0.998. The molecule has 0 aliphatic rings. The van der Waals surface area contributed by atoms with E-state index in [1.165, 1.54) is 0 Å². The van der Waals surface area contributed by atoms with Gasteiger partial charge in [-0.15, -0.1) is 0 Å². The molecule has 92 valence electrons. The van der Waals surface area contributed by atoms with Crippen molar-refractivity contribution >= 4 is 22.8 Å². The van der Waals surface area contributed by atoms with Gasteiger partial charge in [-0.1, -0.05) is 49.0 Å². The second kappa shape index (κ2) is 7.12. The Hall–Kier alpha value is -1.29. The van der Waals surface area contributed by atoms with Gasteiger partial charge in [0, 0.05) is 5.56 Å². The number of carbonyl (C=O) groups is 2. The number of carbonyl (C=O) groups excluding carboxylic acids is 2. The summed E-state index contributed by atoms with van der Waals surface area (Å²) in [6, 6.07) is 8.92. The molecular formula is C13H16O3S. The Morgan fingerprint density at radius 1 is 1.29 bits per heavy atom. The zero-order valence-electron chi connectivity index (χ0n) is 10.0. The normalized spacial score (nSPS) is 11.9. The summed E-state index contributed by atoms with van der Waals surface area (Å²) in [5.41, 5.74) is 0.604. The highest BCUT2D eigenvalue weighted by atomic mass is 32.2. The summed E-state index contributed by atoms with van der Waals surface area (Å²) in [5.74, 6) is -0.332. The van der Waals surface area contributed by atoms with E-state index < -0.39 is 5.25 Å². The van der Waals surface area contributed by atoms with Crippen molar-refractivity contribution in [3.05, 3.63) is 35.9 Å². The topological polar surface area (TPSA) is 43.4 Å². The van der Waals surface area contributed by atoms with Crippen LogP contribution >= 0.6 is 11.8 Å². The van der Waals surface area contributed by atoms with Crippen molar-refractivity contribution in [1.29, 1.82) is 0 Å². The number of rotatable bonds is 5. The van der Waals surface area contributed by atoms with Crippen LogP contribution in [0.25, 0.3) is 0 Å². The third kappa shape index (κ3) is 4.61. The molecule has 0 saturated carbocycles. The Balaban J connectivity index is 2.49. The largest absolute Gasteiger partial charge is 0.465 e. The van der Waals surface area contributed by atoms with Gasteiger partial charge < -0.3 is 4.74 Å². The Morgan fingerprint density at radius 3 is 2.53 bits per heavy atom. The second-order valence-electron chi connectivity index (χ2n) is 3.58. The highest BCUT2D eigenvalue weighted by molar-refractivity contribution is 8.15. The molecule has 0 amide bonds. The van der Waals surface area contributed by atoms with Gasteiger partial charge in [0.1, 0.15) is 5.25 Å². The van der Waals surface area contributed by atoms with Gasteiger partial charge >= 0.3 is 5.97 Å². The van der Waals surface area contributed by atoms with Gasteiger partial charge in [0.2, 0.25) is 5.12 Å². The van der Waals surface area contributed by atoms with Crippen LogP contribution in [-0.2, 0) is 9.53 Å². The lowest BCUT2D eigenvalue weighted by molar-refractivity contribution is -0.142. The summed E-state index contributed by atoms with van der Waals surface area (Å²) in [4.78, 5) is 23.3. The minimum atomic E-state index is -0.464. The first-order valence-electron chi connectivity index (χ1n) is 5.57. The molecule has 1 unspecified atom stereocenters. The van der Waals surface area contributed by atoms with Crippen LogP contribution in [0.4, 0.5) is 0 Å². The van der Waals surface area contributed by atoms with E-state index in [-0.39, 0.29) is 11.1 Å². The minimum absolute atomic E-state index is 0.105. The van der Waals surface area contributed by atoms with E-state index in [4.69, 9.17) is 4.74 Å². The van der Waals surface area contributed by atoms with Crippen LogP contribution in [0.2, 0.25) is 0 Å². The SMILES string of the molecule is CCCOC(=O)C(C)SC(=O)c1ccccc1. The predicted molar refractivity (Wildman–Crippen MR) is 69.1 cm³/mol. The number of ether oxygens (including phenoxy) is 1. The minimum Gasteiger partial charge on any atom is -0.465 e. The quantitative estimate of drug-likeness (QED) is 0.756. The van der Waals surface area contributed by atoms with Crippen molar-refractivity contribution in [3.63, 3.8) is 0 Å². The van der Waals surface area contributed by atoms with Crippen molar-refractivity contribution in [3.8, 4) is 0 Å². The summed E-state index contributed by atoms with van der Waals surface area (Å²) in [6.07, 6.45) is 0.787. The van der Waals surface area contributed by atoms with Crippen LogP contribution in [0.3, 0.4) is 0 Å². The maximum Gasteiger partial charge on any atom is 0.319 e. The Labute approximate surface area is 106 Å². The molecule has 4 heteroatoms. The third-order valence-corrected chi connectivity index (χ3v) is 3.07. The number of hydrogen-bond donors (Lipinski definition) is 0. The molecule has 1 rings (SSSR count). The number of esters is 1. The summed E-state index contributed by atoms with van der Waals surface area (Å²) in [5, 5.41) is -0.569. The van der Waals surface area contributed by atoms with E-state index in [1.54, 1.807) is 31.2 Å². The summed E-state index contributed by atoms with van der Waals surface area (Å²) in [6.45, 7) is 4.02. The lowest BCUT2D eigenvalue weighted by Crippen LogP contribution is -2.19.